The quantitative estimate of drug-likeness (QED) is 0.310. The molecule has 0 saturated carbocycles. The zero-order valence-electron chi connectivity index (χ0n) is 17.6. The van der Waals surface area contributed by atoms with E-state index in [1.54, 1.807) is 0 Å². The maximum Gasteiger partial charge on any atom is 0.0127 e. The fourth-order valence-electron chi connectivity index (χ4n) is 4.11. The highest BCUT2D eigenvalue weighted by atomic mass is 14.9. The average molecular weight is 326 g/mol. The first-order valence-electron chi connectivity index (χ1n) is 10.5. The minimum Gasteiger partial charge on any atom is -0.315 e. The van der Waals surface area contributed by atoms with Crippen molar-refractivity contribution in [1.29, 1.82) is 0 Å². The first-order chi connectivity index (χ1) is 10.8. The van der Waals surface area contributed by atoms with Gasteiger partial charge in [-0.05, 0) is 51.5 Å². The Morgan fingerprint density at radius 1 is 0.696 bits per heavy atom. The van der Waals surface area contributed by atoms with E-state index in [4.69, 9.17) is 0 Å². The van der Waals surface area contributed by atoms with E-state index in [-0.39, 0.29) is 5.54 Å². The van der Waals surface area contributed by atoms with Crippen molar-refractivity contribution in [2.75, 3.05) is 7.05 Å². The van der Waals surface area contributed by atoms with Crippen molar-refractivity contribution >= 4 is 0 Å². The van der Waals surface area contributed by atoms with Crippen LogP contribution in [0.15, 0.2) is 0 Å². The van der Waals surface area contributed by atoms with Crippen LogP contribution in [-0.2, 0) is 0 Å². The maximum absolute atomic E-state index is 3.51. The van der Waals surface area contributed by atoms with Crippen molar-refractivity contribution in [3.05, 3.63) is 0 Å². The Morgan fingerprint density at radius 3 is 1.57 bits per heavy atom. The molecule has 1 heteroatoms. The number of unbranched alkanes of at least 4 members (excludes halogenated alkanes) is 7. The summed E-state index contributed by atoms with van der Waals surface area (Å²) in [6.07, 6.45) is 16.8. The van der Waals surface area contributed by atoms with Crippen LogP contribution in [0.4, 0.5) is 0 Å². The molecule has 0 aliphatic rings. The summed E-state index contributed by atoms with van der Waals surface area (Å²) in [5.41, 5.74) is 0.677. The van der Waals surface area contributed by atoms with Gasteiger partial charge in [-0.15, -0.1) is 0 Å². The van der Waals surface area contributed by atoms with Crippen molar-refractivity contribution in [2.24, 2.45) is 11.3 Å². The summed E-state index contributed by atoms with van der Waals surface area (Å²) in [7, 11) is 2.11. The molecule has 0 aromatic heterocycles. The monoisotopic (exact) mass is 325 g/mol. The van der Waals surface area contributed by atoms with E-state index >= 15 is 0 Å². The highest BCUT2D eigenvalue weighted by Gasteiger charge is 2.33. The van der Waals surface area contributed by atoms with Crippen LogP contribution < -0.4 is 5.32 Å². The molecule has 0 aliphatic carbocycles. The van der Waals surface area contributed by atoms with Crippen molar-refractivity contribution in [3.8, 4) is 0 Å². The third-order valence-electron chi connectivity index (χ3n) is 5.74. The molecular weight excluding hydrogens is 278 g/mol. The fraction of sp³-hybridized carbons (Fsp3) is 1.00. The van der Waals surface area contributed by atoms with E-state index in [0.29, 0.717) is 5.41 Å². The molecule has 140 valence electrons. The Balaban J connectivity index is 4.53. The van der Waals surface area contributed by atoms with E-state index in [9.17, 15) is 0 Å². The van der Waals surface area contributed by atoms with E-state index in [0.717, 1.165) is 5.92 Å². The summed E-state index contributed by atoms with van der Waals surface area (Å²) < 4.78 is 0. The lowest BCUT2D eigenvalue weighted by atomic mass is 9.67. The van der Waals surface area contributed by atoms with Gasteiger partial charge in [0.05, 0.1) is 0 Å². The van der Waals surface area contributed by atoms with Gasteiger partial charge in [0.1, 0.15) is 0 Å². The summed E-state index contributed by atoms with van der Waals surface area (Å²) in [4.78, 5) is 0. The normalized spacial score (nSPS) is 14.2. The molecule has 0 aromatic rings. The molecule has 1 nitrogen and oxygen atoms in total. The van der Waals surface area contributed by atoms with Gasteiger partial charge in [0.2, 0.25) is 0 Å². The molecule has 1 unspecified atom stereocenters. The third-order valence-corrected chi connectivity index (χ3v) is 5.74. The summed E-state index contributed by atoms with van der Waals surface area (Å²) in [5, 5.41) is 3.51. The third kappa shape index (κ3) is 11.2. The number of nitrogens with one attached hydrogen (secondary N) is 1. The van der Waals surface area contributed by atoms with Crippen LogP contribution in [0.2, 0.25) is 0 Å². The lowest BCUT2D eigenvalue weighted by molar-refractivity contribution is 0.123. The molecule has 0 radical (unpaired) electrons. The second-order valence-electron chi connectivity index (χ2n) is 9.05. The van der Waals surface area contributed by atoms with Crippen LogP contribution >= 0.6 is 0 Å². The minimum absolute atomic E-state index is 0.243. The van der Waals surface area contributed by atoms with Crippen molar-refractivity contribution in [1.82, 2.24) is 5.32 Å². The van der Waals surface area contributed by atoms with Gasteiger partial charge in [0.25, 0.3) is 0 Å². The first kappa shape index (κ1) is 23.0. The molecule has 0 saturated heterocycles. The van der Waals surface area contributed by atoms with Gasteiger partial charge in [0.15, 0.2) is 0 Å². The van der Waals surface area contributed by atoms with Crippen molar-refractivity contribution < 1.29 is 0 Å². The molecule has 0 heterocycles. The number of hydrogen-bond acceptors (Lipinski definition) is 1. The molecule has 0 spiro atoms. The SMILES string of the molecule is CCCCCCCC(CCCCCC)C(C)(C)CC(C)(C)NC. The molecule has 0 fully saturated rings. The summed E-state index contributed by atoms with van der Waals surface area (Å²) in [6, 6.07) is 0. The summed E-state index contributed by atoms with van der Waals surface area (Å²) >= 11 is 0. The molecule has 23 heavy (non-hydrogen) atoms. The van der Waals surface area contributed by atoms with E-state index in [1.165, 1.54) is 77.0 Å². The highest BCUT2D eigenvalue weighted by molar-refractivity contribution is 4.88. The van der Waals surface area contributed by atoms with E-state index in [1.807, 2.05) is 0 Å². The van der Waals surface area contributed by atoms with Crippen LogP contribution in [0.1, 0.15) is 119 Å². The van der Waals surface area contributed by atoms with Crippen LogP contribution in [0, 0.1) is 11.3 Å². The first-order valence-corrected chi connectivity index (χ1v) is 10.5. The van der Waals surface area contributed by atoms with Gasteiger partial charge >= 0.3 is 0 Å². The predicted octanol–water partition coefficient (Wildman–Crippen LogP) is 7.35. The standard InChI is InChI=1S/C22H47N/c1-8-10-12-14-16-18-20(17-15-13-11-9-2)21(3,4)19-22(5,6)23-7/h20,23H,8-19H2,1-7H3. The molecular formula is C22H47N. The van der Waals surface area contributed by atoms with E-state index in [2.05, 4.69) is 53.9 Å². The van der Waals surface area contributed by atoms with Gasteiger partial charge in [-0.1, -0.05) is 85.5 Å². The molecule has 1 N–H and O–H groups in total. The molecule has 1 atom stereocenters. The second-order valence-corrected chi connectivity index (χ2v) is 9.05. The maximum atomic E-state index is 3.51. The zero-order valence-corrected chi connectivity index (χ0v) is 17.6. The highest BCUT2D eigenvalue weighted by Crippen LogP contribution is 2.41. The molecule has 0 bridgehead atoms. The Labute approximate surface area is 148 Å². The number of hydrogen-bond donors (Lipinski definition) is 1. The van der Waals surface area contributed by atoms with Crippen LogP contribution in [0.3, 0.4) is 0 Å². The predicted molar refractivity (Wildman–Crippen MR) is 107 cm³/mol. The van der Waals surface area contributed by atoms with Crippen molar-refractivity contribution in [3.63, 3.8) is 0 Å². The lowest BCUT2D eigenvalue weighted by Crippen LogP contribution is -2.42. The Hall–Kier alpha value is -0.0400. The van der Waals surface area contributed by atoms with Crippen LogP contribution in [0.5, 0.6) is 0 Å². The largest absolute Gasteiger partial charge is 0.315 e. The molecule has 0 aliphatic heterocycles. The van der Waals surface area contributed by atoms with Crippen LogP contribution in [0.25, 0.3) is 0 Å². The minimum atomic E-state index is 0.243. The topological polar surface area (TPSA) is 12.0 Å². The van der Waals surface area contributed by atoms with Crippen molar-refractivity contribution in [2.45, 2.75) is 124 Å². The number of rotatable bonds is 15. The van der Waals surface area contributed by atoms with Gasteiger partial charge in [-0.3, -0.25) is 0 Å². The molecule has 0 rings (SSSR count). The van der Waals surface area contributed by atoms with Crippen LogP contribution in [-0.4, -0.2) is 12.6 Å². The Kier molecular flexibility index (Phi) is 12.3. The lowest BCUT2D eigenvalue weighted by Gasteiger charge is -2.41. The Morgan fingerprint density at radius 2 is 1.13 bits per heavy atom. The zero-order chi connectivity index (χ0) is 17.8. The van der Waals surface area contributed by atoms with E-state index < -0.39 is 0 Å². The summed E-state index contributed by atoms with van der Waals surface area (Å²) in [5.74, 6) is 0.883. The van der Waals surface area contributed by atoms with Gasteiger partial charge in [0, 0.05) is 5.54 Å². The van der Waals surface area contributed by atoms with Gasteiger partial charge in [-0.2, -0.15) is 0 Å². The fourth-order valence-corrected chi connectivity index (χ4v) is 4.11. The average Bonchev–Trinajstić information content (AvgIpc) is 2.48. The van der Waals surface area contributed by atoms with Gasteiger partial charge in [-0.25, -0.2) is 0 Å². The molecule has 0 amide bonds. The summed E-state index contributed by atoms with van der Waals surface area (Å²) in [6.45, 7) is 14.4. The second kappa shape index (κ2) is 12.3. The van der Waals surface area contributed by atoms with Gasteiger partial charge < -0.3 is 5.32 Å². The smallest absolute Gasteiger partial charge is 0.0127 e. The Bertz CT molecular complexity index is 267. The molecule has 0 aromatic carbocycles.